The molecule has 0 radical (unpaired) electrons. The van der Waals surface area contributed by atoms with Gasteiger partial charge in [0, 0.05) is 6.54 Å². The van der Waals surface area contributed by atoms with Crippen LogP contribution in [0.5, 0.6) is 0 Å². The lowest BCUT2D eigenvalue weighted by atomic mass is 10.1. The molecule has 0 fully saturated rings. The fourth-order valence-electron chi connectivity index (χ4n) is 0.272. The maximum absolute atomic E-state index is 12.1. The van der Waals surface area contributed by atoms with Gasteiger partial charge in [0.1, 0.15) is 6.17 Å². The average Bonchev–Trinajstić information content (AvgIpc) is 1.65. The Labute approximate surface area is 43.7 Å². The fraction of sp³-hybridized carbons (Fsp3) is 1.00. The van der Waals surface area contributed by atoms with Gasteiger partial charge in [-0.25, -0.2) is 4.39 Å². The van der Waals surface area contributed by atoms with Crippen molar-refractivity contribution in [3.05, 3.63) is 0 Å². The molecule has 0 amide bonds. The fourth-order valence-corrected chi connectivity index (χ4v) is 0.272. The summed E-state index contributed by atoms with van der Waals surface area (Å²) in [6.45, 7) is 3.78. The lowest BCUT2D eigenvalue weighted by Crippen LogP contribution is -2.20. The minimum Gasteiger partial charge on any atom is -0.328 e. The molecule has 2 heteroatoms. The molecule has 0 saturated heterocycles. The van der Waals surface area contributed by atoms with Gasteiger partial charge in [-0.05, 0) is 5.92 Å². The molecule has 0 spiro atoms. The molecule has 0 aromatic rings. The lowest BCUT2D eigenvalue weighted by molar-refractivity contribution is 0.264. The highest BCUT2D eigenvalue weighted by Gasteiger charge is 2.06. The molecule has 0 heterocycles. The highest BCUT2D eigenvalue weighted by molar-refractivity contribution is 4.58. The molecule has 0 aromatic heterocycles. The van der Waals surface area contributed by atoms with Crippen LogP contribution in [0.3, 0.4) is 0 Å². The molecule has 1 nitrogen and oxygen atoms in total. The van der Waals surface area contributed by atoms with Gasteiger partial charge in [0.25, 0.3) is 0 Å². The van der Waals surface area contributed by atoms with Gasteiger partial charge in [0.2, 0.25) is 0 Å². The van der Waals surface area contributed by atoms with E-state index in [0.29, 0.717) is 0 Å². The monoisotopic (exact) mass is 105 g/mol. The molecule has 0 rings (SSSR count). The van der Waals surface area contributed by atoms with Crippen molar-refractivity contribution in [2.45, 2.75) is 20.0 Å². The molecule has 0 aliphatic rings. The zero-order chi connectivity index (χ0) is 5.86. The first-order chi connectivity index (χ1) is 3.18. The van der Waals surface area contributed by atoms with E-state index in [-0.39, 0.29) is 12.5 Å². The number of alkyl halides is 1. The van der Waals surface area contributed by atoms with Crippen LogP contribution in [-0.4, -0.2) is 12.7 Å². The molecule has 0 aromatic carbocycles. The molecule has 1 atom stereocenters. The lowest BCUT2D eigenvalue weighted by Gasteiger charge is -2.06. The number of nitrogens with two attached hydrogens (primary N) is 1. The summed E-state index contributed by atoms with van der Waals surface area (Å²) in [5, 5.41) is 0. The van der Waals surface area contributed by atoms with Crippen LogP contribution >= 0.6 is 0 Å². The maximum atomic E-state index is 12.1. The second-order valence-corrected chi connectivity index (χ2v) is 2.00. The predicted molar refractivity (Wildman–Crippen MR) is 28.8 cm³/mol. The minimum absolute atomic E-state index is 0.0741. The molecule has 0 bridgehead atoms. The van der Waals surface area contributed by atoms with Crippen LogP contribution in [0.15, 0.2) is 0 Å². The predicted octanol–water partition coefficient (Wildman–Crippen LogP) is 0.939. The summed E-state index contributed by atoms with van der Waals surface area (Å²) in [5.74, 6) is 0.0741. The van der Waals surface area contributed by atoms with E-state index in [1.54, 1.807) is 0 Å². The first-order valence-corrected chi connectivity index (χ1v) is 2.52. The highest BCUT2D eigenvalue weighted by atomic mass is 19.1. The first kappa shape index (κ1) is 6.89. The Kier molecular flexibility index (Phi) is 2.92. The van der Waals surface area contributed by atoms with E-state index in [1.807, 2.05) is 13.8 Å². The van der Waals surface area contributed by atoms with E-state index >= 15 is 0 Å². The zero-order valence-electron chi connectivity index (χ0n) is 4.82. The molecule has 0 saturated carbocycles. The van der Waals surface area contributed by atoms with Gasteiger partial charge in [0.05, 0.1) is 0 Å². The summed E-state index contributed by atoms with van der Waals surface area (Å²) in [6, 6.07) is 0. The molecule has 2 N–H and O–H groups in total. The Hall–Kier alpha value is -0.110. The van der Waals surface area contributed by atoms with Crippen molar-refractivity contribution in [2.75, 3.05) is 6.54 Å². The Morgan fingerprint density at radius 2 is 2.00 bits per heavy atom. The molecule has 44 valence electrons. The van der Waals surface area contributed by atoms with E-state index in [4.69, 9.17) is 5.73 Å². The van der Waals surface area contributed by atoms with Crippen LogP contribution in [0.4, 0.5) is 4.39 Å². The van der Waals surface area contributed by atoms with Crippen molar-refractivity contribution in [1.82, 2.24) is 0 Å². The van der Waals surface area contributed by atoms with Crippen molar-refractivity contribution in [1.29, 1.82) is 0 Å². The van der Waals surface area contributed by atoms with Crippen molar-refractivity contribution >= 4 is 0 Å². The van der Waals surface area contributed by atoms with Crippen molar-refractivity contribution in [3.8, 4) is 0 Å². The van der Waals surface area contributed by atoms with Crippen molar-refractivity contribution < 1.29 is 4.39 Å². The van der Waals surface area contributed by atoms with Gasteiger partial charge in [-0.3, -0.25) is 0 Å². The summed E-state index contributed by atoms with van der Waals surface area (Å²) in [6.07, 6.45) is -0.819. The Bertz CT molecular complexity index is 45.3. The number of halogens is 1. The third kappa shape index (κ3) is 2.57. The van der Waals surface area contributed by atoms with E-state index in [0.717, 1.165) is 0 Å². The third-order valence-electron chi connectivity index (χ3n) is 0.949. The SMILES string of the molecule is CC(C)[C@@H](F)CN. The van der Waals surface area contributed by atoms with Crippen LogP contribution in [0.2, 0.25) is 0 Å². The smallest absolute Gasteiger partial charge is 0.115 e. The Morgan fingerprint density at radius 3 is 2.00 bits per heavy atom. The quantitative estimate of drug-likeness (QED) is 0.555. The minimum atomic E-state index is -0.819. The summed E-state index contributed by atoms with van der Waals surface area (Å²) in [7, 11) is 0. The van der Waals surface area contributed by atoms with Crippen LogP contribution < -0.4 is 5.73 Å². The topological polar surface area (TPSA) is 26.0 Å². The third-order valence-corrected chi connectivity index (χ3v) is 0.949. The van der Waals surface area contributed by atoms with E-state index < -0.39 is 6.17 Å². The average molecular weight is 105 g/mol. The van der Waals surface area contributed by atoms with Gasteiger partial charge >= 0.3 is 0 Å². The standard InChI is InChI=1S/C5H12FN/c1-4(2)5(6)3-7/h4-5H,3,7H2,1-2H3/t5-/m0/s1. The van der Waals surface area contributed by atoms with Gasteiger partial charge in [0.15, 0.2) is 0 Å². The molecule has 0 aliphatic carbocycles. The largest absolute Gasteiger partial charge is 0.328 e. The van der Waals surface area contributed by atoms with Crippen molar-refractivity contribution in [3.63, 3.8) is 0 Å². The maximum Gasteiger partial charge on any atom is 0.115 e. The number of hydrogen-bond acceptors (Lipinski definition) is 1. The van der Waals surface area contributed by atoms with Crippen LogP contribution in [0.1, 0.15) is 13.8 Å². The summed E-state index contributed by atoms with van der Waals surface area (Å²) in [4.78, 5) is 0. The van der Waals surface area contributed by atoms with Gasteiger partial charge in [-0.1, -0.05) is 13.8 Å². The second kappa shape index (κ2) is 2.97. The van der Waals surface area contributed by atoms with E-state index in [9.17, 15) is 4.39 Å². The van der Waals surface area contributed by atoms with Crippen LogP contribution in [-0.2, 0) is 0 Å². The normalized spacial score (nSPS) is 15.0. The van der Waals surface area contributed by atoms with Gasteiger partial charge in [-0.2, -0.15) is 0 Å². The molecule has 7 heavy (non-hydrogen) atoms. The second-order valence-electron chi connectivity index (χ2n) is 2.00. The molecule has 0 aliphatic heterocycles. The molecular formula is C5H12FN. The summed E-state index contributed by atoms with van der Waals surface area (Å²) >= 11 is 0. The van der Waals surface area contributed by atoms with E-state index in [1.165, 1.54) is 0 Å². The summed E-state index contributed by atoms with van der Waals surface area (Å²) in [5.41, 5.74) is 5.00. The number of hydrogen-bond donors (Lipinski definition) is 1. The summed E-state index contributed by atoms with van der Waals surface area (Å²) < 4.78 is 12.1. The Morgan fingerprint density at radius 1 is 1.57 bits per heavy atom. The van der Waals surface area contributed by atoms with Crippen molar-refractivity contribution in [2.24, 2.45) is 11.7 Å². The van der Waals surface area contributed by atoms with Crippen LogP contribution in [0, 0.1) is 5.92 Å². The highest BCUT2D eigenvalue weighted by Crippen LogP contribution is 2.02. The zero-order valence-corrected chi connectivity index (χ0v) is 4.82. The molecular weight excluding hydrogens is 93.1 g/mol. The van der Waals surface area contributed by atoms with Gasteiger partial charge < -0.3 is 5.73 Å². The number of rotatable bonds is 2. The molecule has 0 unspecified atom stereocenters. The Balaban J connectivity index is 3.14. The van der Waals surface area contributed by atoms with E-state index in [2.05, 4.69) is 0 Å². The first-order valence-electron chi connectivity index (χ1n) is 2.52. The van der Waals surface area contributed by atoms with Gasteiger partial charge in [-0.15, -0.1) is 0 Å². The van der Waals surface area contributed by atoms with Crippen LogP contribution in [0.25, 0.3) is 0 Å².